The zero-order valence-electron chi connectivity index (χ0n) is 20.1. The van der Waals surface area contributed by atoms with Gasteiger partial charge in [-0.3, -0.25) is 9.48 Å². The quantitative estimate of drug-likeness (QED) is 0.301. The summed E-state index contributed by atoms with van der Waals surface area (Å²) in [6.45, 7) is 1.55. The molecule has 3 aromatic heterocycles. The second-order valence-corrected chi connectivity index (χ2v) is 8.84. The van der Waals surface area contributed by atoms with Crippen LogP contribution in [0.3, 0.4) is 0 Å². The van der Waals surface area contributed by atoms with Crippen molar-refractivity contribution in [3.63, 3.8) is 0 Å². The zero-order valence-corrected chi connectivity index (χ0v) is 20.1. The molecule has 1 fully saturated rings. The average Bonchev–Trinajstić information content (AvgIpc) is 3.52. The number of carbonyl (C=O) groups excluding carboxylic acids is 1. The molecular formula is C25H26FN7O4. The number of nitrogens with zero attached hydrogens (tertiary/aromatic N) is 4. The van der Waals surface area contributed by atoms with E-state index in [0.29, 0.717) is 47.7 Å². The predicted molar refractivity (Wildman–Crippen MR) is 135 cm³/mol. The Morgan fingerprint density at radius 1 is 1.27 bits per heavy atom. The van der Waals surface area contributed by atoms with Crippen LogP contribution < -0.4 is 20.3 Å². The van der Waals surface area contributed by atoms with Gasteiger partial charge in [0.2, 0.25) is 0 Å². The number of anilines is 2. The Morgan fingerprint density at radius 2 is 2.08 bits per heavy atom. The zero-order chi connectivity index (χ0) is 25.9. The van der Waals surface area contributed by atoms with E-state index < -0.39 is 6.09 Å². The minimum Gasteiger partial charge on any atom is -0.493 e. The normalized spacial score (nSPS) is 15.5. The number of piperidine rings is 1. The van der Waals surface area contributed by atoms with Crippen LogP contribution in [0.2, 0.25) is 0 Å². The van der Waals surface area contributed by atoms with Crippen molar-refractivity contribution in [3.05, 3.63) is 66.0 Å². The molecule has 37 heavy (non-hydrogen) atoms. The molecule has 11 nitrogen and oxygen atoms in total. The smallest absolute Gasteiger partial charge is 0.404 e. The molecule has 4 N–H and O–H groups in total. The minimum atomic E-state index is -1.06. The number of hydrogen-bond donors (Lipinski definition) is 4. The third-order valence-corrected chi connectivity index (χ3v) is 6.33. The van der Waals surface area contributed by atoms with Crippen LogP contribution in [0.4, 0.5) is 20.6 Å². The first kappa shape index (κ1) is 24.1. The number of carboxylic acid groups (broad SMARTS) is 1. The Bertz CT molecular complexity index is 1430. The second kappa shape index (κ2) is 10.2. The molecule has 1 aliphatic heterocycles. The van der Waals surface area contributed by atoms with Gasteiger partial charge in [0, 0.05) is 31.5 Å². The van der Waals surface area contributed by atoms with E-state index in [0.717, 1.165) is 24.1 Å². The summed E-state index contributed by atoms with van der Waals surface area (Å²) >= 11 is 0. The molecule has 12 heteroatoms. The van der Waals surface area contributed by atoms with Crippen LogP contribution in [0.1, 0.15) is 28.8 Å². The van der Waals surface area contributed by atoms with Gasteiger partial charge in [0.1, 0.15) is 11.5 Å². The summed E-state index contributed by atoms with van der Waals surface area (Å²) in [5, 5.41) is 19.6. The van der Waals surface area contributed by atoms with Crippen molar-refractivity contribution in [1.82, 2.24) is 25.1 Å². The highest BCUT2D eigenvalue weighted by molar-refractivity contribution is 6.12. The van der Waals surface area contributed by atoms with E-state index in [1.54, 1.807) is 42.5 Å². The Balaban J connectivity index is 1.40. The molecule has 0 bridgehead atoms. The molecule has 5 rings (SSSR count). The Kier molecular flexibility index (Phi) is 6.62. The number of hydrogen-bond acceptors (Lipinski definition) is 6. The van der Waals surface area contributed by atoms with Crippen LogP contribution in [0, 0.1) is 5.82 Å². The van der Waals surface area contributed by atoms with Crippen molar-refractivity contribution in [2.45, 2.75) is 25.4 Å². The topological polar surface area (TPSA) is 137 Å². The second-order valence-electron chi connectivity index (χ2n) is 8.84. The highest BCUT2D eigenvalue weighted by atomic mass is 19.1. The number of benzene rings is 1. The molecule has 0 aliphatic carbocycles. The summed E-state index contributed by atoms with van der Waals surface area (Å²) in [6, 6.07) is 5.86. The number of fused-ring (bicyclic) bond motifs is 1. The van der Waals surface area contributed by atoms with Gasteiger partial charge in [-0.15, -0.1) is 0 Å². The molecule has 4 heterocycles. The summed E-state index contributed by atoms with van der Waals surface area (Å²) in [6.07, 6.45) is 6.83. The molecule has 0 unspecified atom stereocenters. The maximum absolute atomic E-state index is 13.2. The van der Waals surface area contributed by atoms with E-state index in [4.69, 9.17) is 4.74 Å². The van der Waals surface area contributed by atoms with Crippen molar-refractivity contribution >= 4 is 34.4 Å². The molecule has 1 saturated heterocycles. The number of methoxy groups -OCH3 is 1. The predicted octanol–water partition coefficient (Wildman–Crippen LogP) is 3.44. The number of aromatic nitrogens is 4. The van der Waals surface area contributed by atoms with E-state index in [1.807, 2.05) is 0 Å². The Hall–Kier alpha value is -4.61. The van der Waals surface area contributed by atoms with Crippen molar-refractivity contribution in [3.8, 4) is 5.75 Å². The number of aromatic amines is 1. The van der Waals surface area contributed by atoms with Gasteiger partial charge in [0.05, 0.1) is 48.4 Å². The number of halogens is 1. The molecule has 1 atom stereocenters. The van der Waals surface area contributed by atoms with E-state index >= 15 is 0 Å². The number of carbonyl (C=O) groups is 2. The van der Waals surface area contributed by atoms with Crippen LogP contribution in [0.5, 0.6) is 5.75 Å². The van der Waals surface area contributed by atoms with Gasteiger partial charge in [0.25, 0.3) is 5.91 Å². The average molecular weight is 508 g/mol. The Morgan fingerprint density at radius 3 is 2.84 bits per heavy atom. The third kappa shape index (κ3) is 5.17. The van der Waals surface area contributed by atoms with Crippen LogP contribution in [-0.2, 0) is 6.54 Å². The summed E-state index contributed by atoms with van der Waals surface area (Å²) in [4.78, 5) is 33.9. The van der Waals surface area contributed by atoms with Gasteiger partial charge in [0.15, 0.2) is 5.75 Å². The van der Waals surface area contributed by atoms with Crippen molar-refractivity contribution < 1.29 is 23.8 Å². The van der Waals surface area contributed by atoms with Crippen LogP contribution in [0.25, 0.3) is 11.0 Å². The molecule has 0 radical (unpaired) electrons. The molecule has 1 aromatic carbocycles. The Labute approximate surface area is 211 Å². The molecule has 1 aliphatic rings. The van der Waals surface area contributed by atoms with E-state index in [-0.39, 0.29) is 17.8 Å². The summed E-state index contributed by atoms with van der Waals surface area (Å²) in [5.74, 6) is -0.151. The van der Waals surface area contributed by atoms with Gasteiger partial charge in [-0.25, -0.2) is 14.2 Å². The van der Waals surface area contributed by atoms with Gasteiger partial charge in [-0.1, -0.05) is 12.1 Å². The van der Waals surface area contributed by atoms with Crippen molar-refractivity contribution in [1.29, 1.82) is 0 Å². The molecule has 4 aromatic rings. The lowest BCUT2D eigenvalue weighted by atomic mass is 10.0. The molecule has 0 spiro atoms. The molecule has 0 saturated carbocycles. The van der Waals surface area contributed by atoms with E-state index in [2.05, 4.69) is 30.6 Å². The lowest BCUT2D eigenvalue weighted by Gasteiger charge is -2.35. The van der Waals surface area contributed by atoms with Crippen LogP contribution in [0.15, 0.2) is 49.1 Å². The molecule has 192 valence electrons. The number of ether oxygens (including phenoxy) is 1. The van der Waals surface area contributed by atoms with E-state index in [9.17, 15) is 19.1 Å². The number of amides is 2. The van der Waals surface area contributed by atoms with Crippen molar-refractivity contribution in [2.24, 2.45) is 0 Å². The fraction of sp³-hybridized carbons (Fsp3) is 0.280. The molecule has 2 amide bonds. The van der Waals surface area contributed by atoms with E-state index in [1.165, 1.54) is 18.3 Å². The maximum Gasteiger partial charge on any atom is 0.404 e. The van der Waals surface area contributed by atoms with Gasteiger partial charge >= 0.3 is 6.09 Å². The first-order valence-corrected chi connectivity index (χ1v) is 11.8. The maximum atomic E-state index is 13.2. The highest BCUT2D eigenvalue weighted by Gasteiger charge is 2.27. The van der Waals surface area contributed by atoms with Gasteiger partial charge in [-0.2, -0.15) is 5.10 Å². The monoisotopic (exact) mass is 507 g/mol. The number of pyridine rings is 1. The first-order chi connectivity index (χ1) is 17.9. The van der Waals surface area contributed by atoms with Crippen LogP contribution in [-0.4, -0.2) is 63.1 Å². The lowest BCUT2D eigenvalue weighted by Crippen LogP contribution is -2.47. The number of H-pyrrole nitrogens is 1. The highest BCUT2D eigenvalue weighted by Crippen LogP contribution is 2.40. The summed E-state index contributed by atoms with van der Waals surface area (Å²) in [5.41, 5.74) is 3.02. The summed E-state index contributed by atoms with van der Waals surface area (Å²) < 4.78 is 20.4. The fourth-order valence-electron chi connectivity index (χ4n) is 4.63. The first-order valence-electron chi connectivity index (χ1n) is 11.8. The fourth-order valence-corrected chi connectivity index (χ4v) is 4.63. The SMILES string of the molecule is COc1cnc2[nH]cc(NC(=O)c3cnn(Cc4ccc(F)cc4)c3)c2c1N1CCC[C@@H](NC(=O)O)C1. The third-order valence-electron chi connectivity index (χ3n) is 6.33. The van der Waals surface area contributed by atoms with Crippen molar-refractivity contribution in [2.75, 3.05) is 30.4 Å². The standard InChI is InChI=1S/C25H26FN7O4/c1-37-20-11-28-23-21(22(20)32-8-2-3-18(14-32)30-25(35)36)19(10-27-23)31-24(34)16-9-29-33(13-16)12-15-4-6-17(26)7-5-15/h4-7,9-11,13,18,30H,2-3,8,12,14H2,1H3,(H,27,28)(H,31,34)(H,35,36)/t18-/m1/s1. The minimum absolute atomic E-state index is 0.233. The largest absolute Gasteiger partial charge is 0.493 e. The number of nitrogens with one attached hydrogen (secondary N) is 3. The van der Waals surface area contributed by atoms with Gasteiger partial charge < -0.3 is 30.4 Å². The van der Waals surface area contributed by atoms with Crippen LogP contribution >= 0.6 is 0 Å². The molecular weight excluding hydrogens is 481 g/mol. The summed E-state index contributed by atoms with van der Waals surface area (Å²) in [7, 11) is 1.55. The number of rotatable bonds is 7. The van der Waals surface area contributed by atoms with Gasteiger partial charge in [-0.05, 0) is 30.5 Å². The lowest BCUT2D eigenvalue weighted by molar-refractivity contribution is 0.102.